The highest BCUT2D eigenvalue weighted by atomic mass is 35.5. The Morgan fingerprint density at radius 3 is 2.23 bits per heavy atom. The Kier molecular flexibility index (Phi) is 5.49. The summed E-state index contributed by atoms with van der Waals surface area (Å²) < 4.78 is 27.9. The zero-order chi connectivity index (χ0) is 18.6. The van der Waals surface area contributed by atoms with Gasteiger partial charge in [-0.3, -0.25) is 4.72 Å². The topological polar surface area (TPSA) is 58.2 Å². The monoisotopic (exact) mass is 386 g/mol. The Balaban J connectivity index is 1.78. The van der Waals surface area contributed by atoms with Crippen LogP contribution in [0.15, 0.2) is 77.7 Å². The Bertz CT molecular complexity index is 985. The smallest absolute Gasteiger partial charge is 0.261 e. The van der Waals surface area contributed by atoms with Crippen molar-refractivity contribution in [2.75, 3.05) is 10.0 Å². The van der Waals surface area contributed by atoms with E-state index >= 15 is 0 Å². The van der Waals surface area contributed by atoms with Crippen LogP contribution in [0.1, 0.15) is 11.1 Å². The molecule has 0 aliphatic carbocycles. The van der Waals surface area contributed by atoms with Gasteiger partial charge in [0.1, 0.15) is 0 Å². The van der Waals surface area contributed by atoms with Crippen LogP contribution < -0.4 is 10.0 Å². The molecule has 0 aliphatic rings. The molecule has 0 aromatic heterocycles. The maximum atomic E-state index is 12.6. The second-order valence-corrected chi connectivity index (χ2v) is 8.05. The Labute approximate surface area is 158 Å². The second kappa shape index (κ2) is 7.81. The van der Waals surface area contributed by atoms with E-state index in [0.717, 1.165) is 16.8 Å². The van der Waals surface area contributed by atoms with Crippen LogP contribution in [0, 0.1) is 6.92 Å². The first-order valence-corrected chi connectivity index (χ1v) is 9.97. The number of nitrogens with one attached hydrogen (secondary N) is 2. The first-order valence-electron chi connectivity index (χ1n) is 8.11. The van der Waals surface area contributed by atoms with E-state index < -0.39 is 10.0 Å². The zero-order valence-electron chi connectivity index (χ0n) is 14.2. The number of hydrogen-bond donors (Lipinski definition) is 2. The van der Waals surface area contributed by atoms with Crippen LogP contribution in [-0.4, -0.2) is 8.42 Å². The molecule has 0 unspecified atom stereocenters. The molecule has 0 bridgehead atoms. The first-order chi connectivity index (χ1) is 12.4. The number of sulfonamides is 1. The fraction of sp³-hybridized carbons (Fsp3) is 0.100. The third kappa shape index (κ3) is 4.56. The minimum atomic E-state index is -3.64. The second-order valence-electron chi connectivity index (χ2n) is 5.94. The lowest BCUT2D eigenvalue weighted by atomic mass is 10.2. The zero-order valence-corrected chi connectivity index (χ0v) is 15.8. The molecular formula is C20H19ClN2O2S. The Hall–Kier alpha value is -2.50. The number of aryl methyl sites for hydroxylation is 1. The van der Waals surface area contributed by atoms with Crippen LogP contribution in [0.3, 0.4) is 0 Å². The van der Waals surface area contributed by atoms with E-state index in [1.807, 2.05) is 31.2 Å². The molecule has 0 fully saturated rings. The molecule has 3 rings (SSSR count). The van der Waals surface area contributed by atoms with Crippen molar-refractivity contribution in [3.63, 3.8) is 0 Å². The number of anilines is 2. The lowest BCUT2D eigenvalue weighted by Crippen LogP contribution is -2.15. The molecule has 134 valence electrons. The highest BCUT2D eigenvalue weighted by Gasteiger charge is 2.15. The molecule has 0 saturated heterocycles. The molecule has 0 aliphatic heterocycles. The summed E-state index contributed by atoms with van der Waals surface area (Å²) in [4.78, 5) is 0.239. The van der Waals surface area contributed by atoms with Gasteiger partial charge in [-0.05, 0) is 55.0 Å². The lowest BCUT2D eigenvalue weighted by Gasteiger charge is -2.14. The van der Waals surface area contributed by atoms with Gasteiger partial charge < -0.3 is 5.32 Å². The summed E-state index contributed by atoms with van der Waals surface area (Å²) in [5, 5.41) is 3.94. The lowest BCUT2D eigenvalue weighted by molar-refractivity contribution is 0.601. The Morgan fingerprint density at radius 2 is 1.54 bits per heavy atom. The fourth-order valence-electron chi connectivity index (χ4n) is 2.46. The van der Waals surface area contributed by atoms with Crippen LogP contribution in [-0.2, 0) is 16.6 Å². The molecule has 3 aromatic rings. The van der Waals surface area contributed by atoms with Gasteiger partial charge in [-0.2, -0.15) is 0 Å². The summed E-state index contributed by atoms with van der Waals surface area (Å²) in [7, 11) is -3.64. The number of halogens is 1. The van der Waals surface area contributed by atoms with Crippen LogP contribution in [0.5, 0.6) is 0 Å². The SMILES string of the molecule is Cc1ccc(S(=O)(=O)Nc2ccccc2CNc2ccc(Cl)cc2)cc1. The van der Waals surface area contributed by atoms with Crippen molar-refractivity contribution in [2.24, 2.45) is 0 Å². The van der Waals surface area contributed by atoms with Gasteiger partial charge in [0.2, 0.25) is 0 Å². The van der Waals surface area contributed by atoms with Crippen molar-refractivity contribution in [1.29, 1.82) is 0 Å². The van der Waals surface area contributed by atoms with Crippen molar-refractivity contribution < 1.29 is 8.42 Å². The van der Waals surface area contributed by atoms with Crippen molar-refractivity contribution in [2.45, 2.75) is 18.4 Å². The predicted molar refractivity (Wildman–Crippen MR) is 107 cm³/mol. The third-order valence-corrected chi connectivity index (χ3v) is 5.55. The number of para-hydroxylation sites is 1. The van der Waals surface area contributed by atoms with Gasteiger partial charge in [0.05, 0.1) is 10.6 Å². The minimum absolute atomic E-state index is 0.239. The van der Waals surface area contributed by atoms with Gasteiger partial charge in [-0.25, -0.2) is 8.42 Å². The Morgan fingerprint density at radius 1 is 0.885 bits per heavy atom. The highest BCUT2D eigenvalue weighted by molar-refractivity contribution is 7.92. The van der Waals surface area contributed by atoms with Crippen LogP contribution >= 0.6 is 11.6 Å². The van der Waals surface area contributed by atoms with Crippen molar-refractivity contribution in [1.82, 2.24) is 0 Å². The van der Waals surface area contributed by atoms with Crippen LogP contribution in [0.4, 0.5) is 11.4 Å². The normalized spacial score (nSPS) is 11.2. The largest absolute Gasteiger partial charge is 0.381 e. The maximum absolute atomic E-state index is 12.6. The van der Waals surface area contributed by atoms with Gasteiger partial charge >= 0.3 is 0 Å². The molecule has 0 radical (unpaired) electrons. The first kappa shape index (κ1) is 18.3. The molecule has 0 spiro atoms. The molecule has 6 heteroatoms. The summed E-state index contributed by atoms with van der Waals surface area (Å²) in [5.74, 6) is 0. The molecule has 3 aromatic carbocycles. The molecular weight excluding hydrogens is 368 g/mol. The van der Waals surface area contributed by atoms with Crippen LogP contribution in [0.2, 0.25) is 5.02 Å². The van der Waals surface area contributed by atoms with E-state index in [9.17, 15) is 8.42 Å². The highest BCUT2D eigenvalue weighted by Crippen LogP contribution is 2.22. The van der Waals surface area contributed by atoms with E-state index in [0.29, 0.717) is 17.3 Å². The van der Waals surface area contributed by atoms with E-state index in [-0.39, 0.29) is 4.90 Å². The molecule has 0 amide bonds. The van der Waals surface area contributed by atoms with E-state index in [2.05, 4.69) is 10.0 Å². The van der Waals surface area contributed by atoms with E-state index in [4.69, 9.17) is 11.6 Å². The number of benzene rings is 3. The summed E-state index contributed by atoms with van der Waals surface area (Å²) in [6.45, 7) is 2.40. The van der Waals surface area contributed by atoms with Crippen molar-refractivity contribution in [3.8, 4) is 0 Å². The summed E-state index contributed by atoms with van der Waals surface area (Å²) in [6.07, 6.45) is 0. The molecule has 2 N–H and O–H groups in total. The average molecular weight is 387 g/mol. The van der Waals surface area contributed by atoms with Gasteiger partial charge in [-0.15, -0.1) is 0 Å². The quantitative estimate of drug-likeness (QED) is 0.622. The van der Waals surface area contributed by atoms with Gasteiger partial charge in [0, 0.05) is 17.3 Å². The minimum Gasteiger partial charge on any atom is -0.381 e. The fourth-order valence-corrected chi connectivity index (χ4v) is 3.69. The number of rotatable bonds is 6. The van der Waals surface area contributed by atoms with Crippen molar-refractivity contribution >= 4 is 33.0 Å². The van der Waals surface area contributed by atoms with Gasteiger partial charge in [0.15, 0.2) is 0 Å². The number of hydrogen-bond acceptors (Lipinski definition) is 3. The average Bonchev–Trinajstić information content (AvgIpc) is 2.62. The summed E-state index contributed by atoms with van der Waals surface area (Å²) >= 11 is 5.89. The van der Waals surface area contributed by atoms with Crippen molar-refractivity contribution in [3.05, 3.63) is 88.9 Å². The predicted octanol–water partition coefficient (Wildman–Crippen LogP) is 5.06. The maximum Gasteiger partial charge on any atom is 0.261 e. The van der Waals surface area contributed by atoms with Crippen LogP contribution in [0.25, 0.3) is 0 Å². The molecule has 0 saturated carbocycles. The van der Waals surface area contributed by atoms with E-state index in [1.165, 1.54) is 0 Å². The van der Waals surface area contributed by atoms with Gasteiger partial charge in [-0.1, -0.05) is 47.5 Å². The standard InChI is InChI=1S/C20H19ClN2O2S/c1-15-6-12-19(13-7-15)26(24,25)23-20-5-3-2-4-16(20)14-22-18-10-8-17(21)9-11-18/h2-13,22-23H,14H2,1H3. The molecule has 0 atom stereocenters. The third-order valence-electron chi connectivity index (χ3n) is 3.92. The van der Waals surface area contributed by atoms with E-state index in [1.54, 1.807) is 48.5 Å². The summed E-state index contributed by atoms with van der Waals surface area (Å²) in [5.41, 5.74) is 3.31. The van der Waals surface area contributed by atoms with Gasteiger partial charge in [0.25, 0.3) is 10.0 Å². The molecule has 0 heterocycles. The molecule has 4 nitrogen and oxygen atoms in total. The molecule has 26 heavy (non-hydrogen) atoms. The summed E-state index contributed by atoms with van der Waals surface area (Å²) in [6, 6.07) is 21.4.